The number of rotatable bonds is 3. The monoisotopic (exact) mass is 387 g/mol. The zero-order valence-corrected chi connectivity index (χ0v) is 16.1. The number of benzene rings is 1. The van der Waals surface area contributed by atoms with Gasteiger partial charge in [0.25, 0.3) is 5.91 Å². The van der Waals surface area contributed by atoms with Crippen LogP contribution in [0, 0.1) is 6.92 Å². The molecule has 1 aromatic carbocycles. The SMILES string of the molecule is Cc1nc(-c2cccc(C(=O)N3CCCCC3CN)c2)cs1.Cl.Cl. The number of likely N-dealkylation sites (tertiary alicyclic amines) is 1. The van der Waals surface area contributed by atoms with E-state index in [0.717, 1.165) is 47.6 Å². The molecule has 1 amide bonds. The Morgan fingerprint density at radius 2 is 2.17 bits per heavy atom. The van der Waals surface area contributed by atoms with Gasteiger partial charge in [-0.3, -0.25) is 4.79 Å². The highest BCUT2D eigenvalue weighted by atomic mass is 35.5. The second-order valence-corrected chi connectivity index (χ2v) is 6.78. The molecule has 2 aromatic rings. The van der Waals surface area contributed by atoms with Crippen LogP contribution in [-0.4, -0.2) is 34.9 Å². The topological polar surface area (TPSA) is 59.2 Å². The molecule has 1 fully saturated rings. The van der Waals surface area contributed by atoms with Crippen molar-refractivity contribution >= 4 is 42.1 Å². The van der Waals surface area contributed by atoms with Crippen LogP contribution in [0.3, 0.4) is 0 Å². The van der Waals surface area contributed by atoms with Gasteiger partial charge in [-0.25, -0.2) is 4.98 Å². The van der Waals surface area contributed by atoms with Gasteiger partial charge in [0.15, 0.2) is 0 Å². The lowest BCUT2D eigenvalue weighted by molar-refractivity contribution is 0.0623. The molecule has 0 aliphatic carbocycles. The van der Waals surface area contributed by atoms with Gasteiger partial charge in [-0.05, 0) is 38.3 Å². The standard InChI is InChI=1S/C17H21N3OS.2ClH/c1-12-19-16(11-22-12)13-5-4-6-14(9-13)17(21)20-8-3-2-7-15(20)10-18;;/h4-6,9,11,15H,2-3,7-8,10,18H2,1H3;2*1H. The van der Waals surface area contributed by atoms with Gasteiger partial charge in [-0.15, -0.1) is 36.2 Å². The number of hydrogen-bond donors (Lipinski definition) is 1. The lowest BCUT2D eigenvalue weighted by Crippen LogP contribution is -2.47. The third-order valence-electron chi connectivity index (χ3n) is 4.18. The quantitative estimate of drug-likeness (QED) is 0.867. The molecule has 1 aromatic heterocycles. The third kappa shape index (κ3) is 4.48. The van der Waals surface area contributed by atoms with Gasteiger partial charge in [-0.2, -0.15) is 0 Å². The summed E-state index contributed by atoms with van der Waals surface area (Å²) < 4.78 is 0. The van der Waals surface area contributed by atoms with Gasteiger partial charge in [-0.1, -0.05) is 12.1 Å². The predicted octanol–water partition coefficient (Wildman–Crippen LogP) is 3.92. The van der Waals surface area contributed by atoms with E-state index in [2.05, 4.69) is 4.98 Å². The van der Waals surface area contributed by atoms with Crippen molar-refractivity contribution in [1.29, 1.82) is 0 Å². The molecule has 7 heteroatoms. The summed E-state index contributed by atoms with van der Waals surface area (Å²) in [6.45, 7) is 3.33. The molecule has 1 atom stereocenters. The van der Waals surface area contributed by atoms with Crippen molar-refractivity contribution in [2.45, 2.75) is 32.2 Å². The van der Waals surface area contributed by atoms with Crippen LogP contribution >= 0.6 is 36.2 Å². The summed E-state index contributed by atoms with van der Waals surface area (Å²) >= 11 is 1.62. The Morgan fingerprint density at radius 1 is 1.38 bits per heavy atom. The molecule has 1 unspecified atom stereocenters. The molecule has 1 aliphatic rings. The summed E-state index contributed by atoms with van der Waals surface area (Å²) in [6, 6.07) is 7.93. The zero-order valence-electron chi connectivity index (χ0n) is 13.6. The van der Waals surface area contributed by atoms with Crippen molar-refractivity contribution in [2.75, 3.05) is 13.1 Å². The first kappa shape index (κ1) is 20.9. The summed E-state index contributed by atoms with van der Waals surface area (Å²) in [6.07, 6.45) is 3.23. The van der Waals surface area contributed by atoms with E-state index in [1.807, 2.05) is 41.5 Å². The lowest BCUT2D eigenvalue weighted by atomic mass is 10.00. The van der Waals surface area contributed by atoms with Gasteiger partial charge in [0.1, 0.15) is 0 Å². The number of amides is 1. The first-order chi connectivity index (χ1) is 10.7. The van der Waals surface area contributed by atoms with Crippen molar-refractivity contribution in [1.82, 2.24) is 9.88 Å². The van der Waals surface area contributed by atoms with Crippen LogP contribution in [0.4, 0.5) is 0 Å². The first-order valence-electron chi connectivity index (χ1n) is 7.72. The zero-order chi connectivity index (χ0) is 15.5. The highest BCUT2D eigenvalue weighted by Gasteiger charge is 2.26. The molecule has 0 spiro atoms. The Bertz CT molecular complexity index is 677. The molecule has 1 aliphatic heterocycles. The second-order valence-electron chi connectivity index (χ2n) is 5.72. The number of nitrogens with two attached hydrogens (primary N) is 1. The number of carbonyl (C=O) groups excluding carboxylic acids is 1. The Hall–Kier alpha value is -1.14. The van der Waals surface area contributed by atoms with Gasteiger partial charge < -0.3 is 10.6 Å². The average Bonchev–Trinajstić information content (AvgIpc) is 3.01. The van der Waals surface area contributed by atoms with Crippen LogP contribution in [0.1, 0.15) is 34.6 Å². The number of carbonyl (C=O) groups is 1. The van der Waals surface area contributed by atoms with E-state index >= 15 is 0 Å². The lowest BCUT2D eigenvalue weighted by Gasteiger charge is -2.35. The van der Waals surface area contributed by atoms with E-state index in [9.17, 15) is 4.79 Å². The number of aryl methyl sites for hydroxylation is 1. The maximum atomic E-state index is 12.8. The molecule has 1 saturated heterocycles. The Kier molecular flexibility index (Phi) is 8.16. The third-order valence-corrected chi connectivity index (χ3v) is 4.96. The summed E-state index contributed by atoms with van der Waals surface area (Å²) in [5.41, 5.74) is 8.49. The van der Waals surface area contributed by atoms with E-state index in [1.165, 1.54) is 0 Å². The van der Waals surface area contributed by atoms with Crippen molar-refractivity contribution < 1.29 is 4.79 Å². The molecule has 2 N–H and O–H groups in total. The van der Waals surface area contributed by atoms with Crippen molar-refractivity contribution in [3.05, 3.63) is 40.2 Å². The number of aromatic nitrogens is 1. The molecule has 0 saturated carbocycles. The molecule has 4 nitrogen and oxygen atoms in total. The molecule has 0 bridgehead atoms. The number of hydrogen-bond acceptors (Lipinski definition) is 4. The van der Waals surface area contributed by atoms with Crippen molar-refractivity contribution in [3.63, 3.8) is 0 Å². The molecule has 132 valence electrons. The van der Waals surface area contributed by atoms with Crippen molar-refractivity contribution in [2.24, 2.45) is 5.73 Å². The van der Waals surface area contributed by atoms with Crippen LogP contribution < -0.4 is 5.73 Å². The normalized spacial score (nSPS) is 16.9. The number of thiazole rings is 1. The van der Waals surface area contributed by atoms with E-state index in [-0.39, 0.29) is 36.8 Å². The minimum absolute atomic E-state index is 0. The smallest absolute Gasteiger partial charge is 0.254 e. The molecule has 2 heterocycles. The van der Waals surface area contributed by atoms with Gasteiger partial charge in [0.2, 0.25) is 0 Å². The summed E-state index contributed by atoms with van der Waals surface area (Å²) in [7, 11) is 0. The first-order valence-corrected chi connectivity index (χ1v) is 8.60. The molecular formula is C17H23Cl2N3OS. The Balaban J connectivity index is 0.00000144. The predicted molar refractivity (Wildman–Crippen MR) is 105 cm³/mol. The van der Waals surface area contributed by atoms with Crippen LogP contribution in [0.5, 0.6) is 0 Å². The van der Waals surface area contributed by atoms with Crippen LogP contribution in [0.2, 0.25) is 0 Å². The van der Waals surface area contributed by atoms with E-state index < -0.39 is 0 Å². The highest BCUT2D eigenvalue weighted by Crippen LogP contribution is 2.24. The summed E-state index contributed by atoms with van der Waals surface area (Å²) in [4.78, 5) is 19.2. The van der Waals surface area contributed by atoms with Gasteiger partial charge >= 0.3 is 0 Å². The average molecular weight is 388 g/mol. The molecule has 3 rings (SSSR count). The number of nitrogens with zero attached hydrogens (tertiary/aromatic N) is 2. The second kappa shape index (κ2) is 9.37. The van der Waals surface area contributed by atoms with Crippen LogP contribution in [-0.2, 0) is 0 Å². The fraction of sp³-hybridized carbons (Fsp3) is 0.412. The van der Waals surface area contributed by atoms with Gasteiger partial charge in [0.05, 0.1) is 10.7 Å². The fourth-order valence-electron chi connectivity index (χ4n) is 2.99. The number of halogens is 2. The summed E-state index contributed by atoms with van der Waals surface area (Å²) in [5, 5.41) is 3.06. The largest absolute Gasteiger partial charge is 0.334 e. The van der Waals surface area contributed by atoms with E-state index in [1.54, 1.807) is 11.3 Å². The maximum absolute atomic E-state index is 12.8. The molecular weight excluding hydrogens is 365 g/mol. The maximum Gasteiger partial charge on any atom is 0.254 e. The van der Waals surface area contributed by atoms with Crippen LogP contribution in [0.15, 0.2) is 29.6 Å². The Labute approximate surface area is 159 Å². The minimum Gasteiger partial charge on any atom is -0.334 e. The highest BCUT2D eigenvalue weighted by molar-refractivity contribution is 7.09. The fourth-order valence-corrected chi connectivity index (χ4v) is 3.61. The van der Waals surface area contributed by atoms with E-state index in [4.69, 9.17) is 5.73 Å². The van der Waals surface area contributed by atoms with Gasteiger partial charge in [0, 0.05) is 35.6 Å². The number of piperidine rings is 1. The van der Waals surface area contributed by atoms with Crippen LogP contribution in [0.25, 0.3) is 11.3 Å². The summed E-state index contributed by atoms with van der Waals surface area (Å²) in [5.74, 6) is 0.0870. The van der Waals surface area contributed by atoms with E-state index in [0.29, 0.717) is 6.54 Å². The van der Waals surface area contributed by atoms with Crippen molar-refractivity contribution in [3.8, 4) is 11.3 Å². The minimum atomic E-state index is 0. The molecule has 0 radical (unpaired) electrons. The molecule has 24 heavy (non-hydrogen) atoms. The Morgan fingerprint density at radius 3 is 2.83 bits per heavy atom.